The summed E-state index contributed by atoms with van der Waals surface area (Å²) in [5.41, 5.74) is 13.3. The normalized spacial score (nSPS) is 13.4. The smallest absolute Gasteiger partial charge is 0.299 e. The van der Waals surface area contributed by atoms with Crippen LogP contribution in [0, 0.1) is 12.1 Å². The Morgan fingerprint density at radius 1 is 0.596 bits per heavy atom. The zero-order chi connectivity index (χ0) is 32.3. The van der Waals surface area contributed by atoms with Crippen LogP contribution < -0.4 is 4.57 Å². The third kappa shape index (κ3) is 5.51. The maximum atomic E-state index is 5.53. The van der Waals surface area contributed by atoms with Gasteiger partial charge in [-0.2, -0.15) is 0 Å². The molecule has 236 valence electrons. The van der Waals surface area contributed by atoms with E-state index in [2.05, 4.69) is 181 Å². The molecule has 0 radical (unpaired) electrons. The Labute approximate surface area is 294 Å². The summed E-state index contributed by atoms with van der Waals surface area (Å²) in [5.74, 6) is 0. The van der Waals surface area contributed by atoms with Gasteiger partial charge in [0, 0.05) is 6.07 Å². The van der Waals surface area contributed by atoms with E-state index in [9.17, 15) is 0 Å². The summed E-state index contributed by atoms with van der Waals surface area (Å²) < 4.78 is 2.36. The van der Waals surface area contributed by atoms with E-state index in [4.69, 9.17) is 4.98 Å². The summed E-state index contributed by atoms with van der Waals surface area (Å²) in [5, 5.41) is 0. The number of hydrogen-bond acceptors (Lipinski definition) is 1. The third-order valence-corrected chi connectivity index (χ3v) is 9.59. The first kappa shape index (κ1) is 32.8. The number of nitrogens with zero attached hydrogens (tertiary/aromatic N) is 2. The molecule has 4 aromatic carbocycles. The zero-order valence-corrected chi connectivity index (χ0v) is 30.5. The summed E-state index contributed by atoms with van der Waals surface area (Å²) in [6.07, 6.45) is 0. The van der Waals surface area contributed by atoms with E-state index in [1.807, 2.05) is 6.07 Å². The van der Waals surface area contributed by atoms with Gasteiger partial charge in [-0.3, -0.25) is 4.98 Å². The summed E-state index contributed by atoms with van der Waals surface area (Å²) in [4.78, 5) is 5.53. The standard InChI is InChI=1S/C44H41N2.Pt/c1-42(2,3)32-18-12-16-30(28-32)38-24-14-26-40(45-38)44(36-22-10-8-20-34(36)35-21-9-11-23-37(35)44)41-27-15-25-39(46(41)7)31-17-13-19-33(29-31)43(4,5)6;/h8-15,18-29H,1-7H3;/q-1;+2. The predicted molar refractivity (Wildman–Crippen MR) is 189 cm³/mol. The van der Waals surface area contributed by atoms with Gasteiger partial charge in [0.25, 0.3) is 0 Å². The van der Waals surface area contributed by atoms with Crippen LogP contribution in [-0.2, 0) is 44.4 Å². The van der Waals surface area contributed by atoms with Crippen molar-refractivity contribution in [2.45, 2.75) is 57.8 Å². The Balaban J connectivity index is 0.00000386. The van der Waals surface area contributed by atoms with Crippen LogP contribution in [-0.4, -0.2) is 4.98 Å². The SMILES string of the molecule is C[n+]1c(-c2[c-]ccc(C(C)(C)C)c2)cccc1C1(c2cccc(-c3[c-]ccc(C(C)(C)C)c3)n2)c2ccccc2-c2ccccc21.[Pt+2]. The number of fused-ring (bicyclic) bond motifs is 3. The molecule has 6 aromatic rings. The molecule has 2 nitrogen and oxygen atoms in total. The average molecular weight is 793 g/mol. The second-order valence-corrected chi connectivity index (χ2v) is 14.6. The van der Waals surface area contributed by atoms with Crippen LogP contribution in [0.2, 0.25) is 0 Å². The van der Waals surface area contributed by atoms with Gasteiger partial charge in [-0.1, -0.05) is 114 Å². The molecule has 3 heteroatoms. The Morgan fingerprint density at radius 3 is 1.72 bits per heavy atom. The van der Waals surface area contributed by atoms with Crippen LogP contribution in [0.3, 0.4) is 0 Å². The number of pyridine rings is 2. The van der Waals surface area contributed by atoms with Crippen LogP contribution in [0.4, 0.5) is 0 Å². The van der Waals surface area contributed by atoms with Gasteiger partial charge in [0.1, 0.15) is 18.2 Å². The van der Waals surface area contributed by atoms with Crippen molar-refractivity contribution in [3.63, 3.8) is 0 Å². The maximum Gasteiger partial charge on any atom is 2.00 e. The molecule has 0 N–H and O–H groups in total. The fraction of sp³-hybridized carbons (Fsp3) is 0.227. The van der Waals surface area contributed by atoms with Crippen LogP contribution >= 0.6 is 0 Å². The molecule has 0 spiro atoms. The molecular weight excluding hydrogens is 752 g/mol. The molecule has 0 atom stereocenters. The minimum absolute atomic E-state index is 0. The van der Waals surface area contributed by atoms with Gasteiger partial charge in [0.15, 0.2) is 5.69 Å². The molecule has 0 bridgehead atoms. The number of hydrogen-bond donors (Lipinski definition) is 0. The first-order valence-electron chi connectivity index (χ1n) is 16.2. The van der Waals surface area contributed by atoms with Gasteiger partial charge < -0.3 is 0 Å². The second-order valence-electron chi connectivity index (χ2n) is 14.6. The van der Waals surface area contributed by atoms with Crippen molar-refractivity contribution >= 4 is 0 Å². The van der Waals surface area contributed by atoms with Gasteiger partial charge in [-0.15, -0.1) is 65.2 Å². The van der Waals surface area contributed by atoms with E-state index >= 15 is 0 Å². The molecule has 0 amide bonds. The quantitative estimate of drug-likeness (QED) is 0.128. The van der Waals surface area contributed by atoms with E-state index in [1.165, 1.54) is 33.4 Å². The van der Waals surface area contributed by atoms with Crippen LogP contribution in [0.5, 0.6) is 0 Å². The maximum absolute atomic E-state index is 5.53. The second kappa shape index (κ2) is 12.1. The topological polar surface area (TPSA) is 16.8 Å². The molecule has 1 aliphatic rings. The molecule has 0 unspecified atom stereocenters. The van der Waals surface area contributed by atoms with Crippen LogP contribution in [0.1, 0.15) is 75.2 Å². The van der Waals surface area contributed by atoms with Gasteiger partial charge in [0.05, 0.1) is 5.69 Å². The van der Waals surface area contributed by atoms with E-state index < -0.39 is 5.41 Å². The fourth-order valence-electron chi connectivity index (χ4n) is 7.10. The van der Waals surface area contributed by atoms with Crippen molar-refractivity contribution in [1.82, 2.24) is 4.98 Å². The van der Waals surface area contributed by atoms with Gasteiger partial charge in [-0.05, 0) is 50.9 Å². The minimum atomic E-state index is -0.642. The molecule has 0 saturated carbocycles. The monoisotopic (exact) mass is 792 g/mol. The Hall–Kier alpha value is -4.13. The number of benzene rings is 4. The van der Waals surface area contributed by atoms with Crippen molar-refractivity contribution in [3.8, 4) is 33.6 Å². The largest absolute Gasteiger partial charge is 2.00 e. The summed E-state index contributed by atoms with van der Waals surface area (Å²) in [6.45, 7) is 13.5. The zero-order valence-electron chi connectivity index (χ0n) is 28.3. The summed E-state index contributed by atoms with van der Waals surface area (Å²) in [6, 6.07) is 50.9. The van der Waals surface area contributed by atoms with Crippen molar-refractivity contribution in [1.29, 1.82) is 0 Å². The Bertz CT molecular complexity index is 2050. The van der Waals surface area contributed by atoms with Crippen LogP contribution in [0.15, 0.2) is 121 Å². The third-order valence-electron chi connectivity index (χ3n) is 9.59. The van der Waals surface area contributed by atoms with Crippen LogP contribution in [0.25, 0.3) is 33.6 Å². The fourth-order valence-corrected chi connectivity index (χ4v) is 7.10. The molecule has 1 aliphatic carbocycles. The number of aromatic nitrogens is 2. The summed E-state index contributed by atoms with van der Waals surface area (Å²) >= 11 is 0. The van der Waals surface area contributed by atoms with Gasteiger partial charge in [0.2, 0.25) is 0 Å². The van der Waals surface area contributed by atoms with E-state index in [-0.39, 0.29) is 31.9 Å². The first-order valence-corrected chi connectivity index (χ1v) is 16.2. The number of rotatable bonds is 4. The first-order chi connectivity index (χ1) is 22.0. The summed E-state index contributed by atoms with van der Waals surface area (Å²) in [7, 11) is 2.19. The molecule has 7 rings (SSSR count). The molecule has 47 heavy (non-hydrogen) atoms. The van der Waals surface area contributed by atoms with Crippen molar-refractivity contribution < 1.29 is 25.6 Å². The van der Waals surface area contributed by atoms with Crippen molar-refractivity contribution in [2.75, 3.05) is 0 Å². The molecule has 2 heterocycles. The predicted octanol–water partition coefficient (Wildman–Crippen LogP) is 9.80. The van der Waals surface area contributed by atoms with Crippen molar-refractivity contribution in [2.24, 2.45) is 7.05 Å². The minimum Gasteiger partial charge on any atom is -0.299 e. The molecule has 0 saturated heterocycles. The Morgan fingerprint density at radius 2 is 1.13 bits per heavy atom. The van der Waals surface area contributed by atoms with Gasteiger partial charge in [-0.25, -0.2) is 4.57 Å². The van der Waals surface area contributed by atoms with E-state index in [1.54, 1.807) is 0 Å². The van der Waals surface area contributed by atoms with Crippen molar-refractivity contribution in [3.05, 3.63) is 167 Å². The average Bonchev–Trinajstić information content (AvgIpc) is 3.35. The van der Waals surface area contributed by atoms with E-state index in [0.717, 1.165) is 33.9 Å². The van der Waals surface area contributed by atoms with E-state index in [0.29, 0.717) is 0 Å². The molecule has 2 aromatic heterocycles. The molecule has 0 fully saturated rings. The molecular formula is C44H41N2Pt+. The van der Waals surface area contributed by atoms with Gasteiger partial charge >= 0.3 is 21.1 Å². The molecule has 0 aliphatic heterocycles. The Kier molecular flexibility index (Phi) is 8.48.